The van der Waals surface area contributed by atoms with E-state index in [2.05, 4.69) is 32.6 Å². The molecule has 0 aliphatic carbocycles. The Hall–Kier alpha value is -0.370. The van der Waals surface area contributed by atoms with Gasteiger partial charge in [0.1, 0.15) is 0 Å². The van der Waals surface area contributed by atoms with Crippen LogP contribution in [0, 0.1) is 17.8 Å². The average molecular weight is 239 g/mol. The number of Topliss-reactive ketones (excluding diaryl/α,β-unsaturated/α-hetero) is 1. The highest BCUT2D eigenvalue weighted by Gasteiger charge is 2.38. The standard InChI is InChI=1S/C15H29NO/c1-10(2)7-13-8-14(15(17)11(3)4)16(9-13)12(5)6/h10-14H,7-9H2,1-6H3/t13-,14-/m0/s1. The molecule has 1 aliphatic heterocycles. The third-order valence-corrected chi connectivity index (χ3v) is 3.79. The minimum absolute atomic E-state index is 0.166. The van der Waals surface area contributed by atoms with Crippen molar-refractivity contribution in [3.05, 3.63) is 0 Å². The molecule has 17 heavy (non-hydrogen) atoms. The number of carbonyl (C=O) groups is 1. The van der Waals surface area contributed by atoms with Crippen molar-refractivity contribution in [2.24, 2.45) is 17.8 Å². The predicted octanol–water partition coefficient (Wildman–Crippen LogP) is 3.36. The molecule has 1 aliphatic rings. The minimum Gasteiger partial charge on any atom is -0.298 e. The number of hydrogen-bond donors (Lipinski definition) is 0. The molecule has 1 fully saturated rings. The number of rotatable bonds is 5. The highest BCUT2D eigenvalue weighted by molar-refractivity contribution is 5.86. The maximum atomic E-state index is 12.2. The highest BCUT2D eigenvalue weighted by atomic mass is 16.1. The summed E-state index contributed by atoms with van der Waals surface area (Å²) in [5.74, 6) is 2.05. The first-order valence-corrected chi connectivity index (χ1v) is 7.12. The zero-order valence-corrected chi connectivity index (χ0v) is 12.4. The number of hydrogen-bond acceptors (Lipinski definition) is 2. The molecule has 100 valence electrons. The minimum atomic E-state index is 0.166. The number of likely N-dealkylation sites (tertiary alicyclic amines) is 1. The summed E-state index contributed by atoms with van der Waals surface area (Å²) in [6.07, 6.45) is 2.33. The van der Waals surface area contributed by atoms with Crippen molar-refractivity contribution in [1.82, 2.24) is 4.90 Å². The first-order valence-electron chi connectivity index (χ1n) is 7.12. The summed E-state index contributed by atoms with van der Waals surface area (Å²) in [6.45, 7) is 14.1. The Labute approximate surface area is 107 Å². The van der Waals surface area contributed by atoms with Crippen molar-refractivity contribution >= 4 is 5.78 Å². The Bertz CT molecular complexity index is 258. The summed E-state index contributed by atoms with van der Waals surface area (Å²) < 4.78 is 0. The van der Waals surface area contributed by atoms with Gasteiger partial charge in [-0.05, 0) is 38.5 Å². The SMILES string of the molecule is CC(C)C[C@H]1C[C@@H](C(=O)C(C)C)N(C(C)C)C1. The van der Waals surface area contributed by atoms with E-state index in [1.54, 1.807) is 0 Å². The van der Waals surface area contributed by atoms with Gasteiger partial charge in [-0.2, -0.15) is 0 Å². The fourth-order valence-electron chi connectivity index (χ4n) is 3.02. The van der Waals surface area contributed by atoms with Crippen molar-refractivity contribution in [1.29, 1.82) is 0 Å². The number of carbonyl (C=O) groups excluding carboxylic acids is 1. The Kier molecular flexibility index (Phi) is 5.18. The van der Waals surface area contributed by atoms with Crippen LogP contribution in [-0.2, 0) is 4.79 Å². The summed E-state index contributed by atoms with van der Waals surface area (Å²) in [5.41, 5.74) is 0. The summed E-state index contributed by atoms with van der Waals surface area (Å²) in [7, 11) is 0. The summed E-state index contributed by atoms with van der Waals surface area (Å²) in [5, 5.41) is 0. The van der Waals surface area contributed by atoms with Crippen LogP contribution in [0.1, 0.15) is 54.4 Å². The van der Waals surface area contributed by atoms with Gasteiger partial charge in [0.2, 0.25) is 0 Å². The lowest BCUT2D eigenvalue weighted by atomic mass is 9.92. The Morgan fingerprint density at radius 1 is 1.18 bits per heavy atom. The molecule has 0 aromatic heterocycles. The van der Waals surface area contributed by atoms with Gasteiger partial charge in [0.25, 0.3) is 0 Å². The molecular formula is C15H29NO. The van der Waals surface area contributed by atoms with E-state index in [0.29, 0.717) is 17.7 Å². The molecule has 0 amide bonds. The Morgan fingerprint density at radius 3 is 2.18 bits per heavy atom. The maximum Gasteiger partial charge on any atom is 0.152 e. The molecule has 1 rings (SSSR count). The van der Waals surface area contributed by atoms with Gasteiger partial charge in [0, 0.05) is 18.5 Å². The van der Waals surface area contributed by atoms with E-state index in [1.165, 1.54) is 6.42 Å². The quantitative estimate of drug-likeness (QED) is 0.733. The lowest BCUT2D eigenvalue weighted by Crippen LogP contribution is -2.42. The van der Waals surface area contributed by atoms with Crippen LogP contribution < -0.4 is 0 Å². The molecule has 0 unspecified atom stereocenters. The van der Waals surface area contributed by atoms with Crippen LogP contribution in [0.2, 0.25) is 0 Å². The molecule has 0 aromatic rings. The molecule has 2 nitrogen and oxygen atoms in total. The van der Waals surface area contributed by atoms with Crippen LogP contribution in [0.3, 0.4) is 0 Å². The van der Waals surface area contributed by atoms with E-state index >= 15 is 0 Å². The molecule has 0 aromatic carbocycles. The largest absolute Gasteiger partial charge is 0.298 e. The molecular weight excluding hydrogens is 210 g/mol. The molecule has 2 heteroatoms. The van der Waals surface area contributed by atoms with Crippen molar-refractivity contribution in [2.45, 2.75) is 66.5 Å². The topological polar surface area (TPSA) is 20.3 Å². The molecule has 1 heterocycles. The highest BCUT2D eigenvalue weighted by Crippen LogP contribution is 2.31. The molecule has 0 spiro atoms. The lowest BCUT2D eigenvalue weighted by Gasteiger charge is -2.28. The van der Waals surface area contributed by atoms with Gasteiger partial charge in [0.05, 0.1) is 6.04 Å². The van der Waals surface area contributed by atoms with E-state index < -0.39 is 0 Å². The molecule has 0 N–H and O–H groups in total. The molecule has 0 radical (unpaired) electrons. The zero-order chi connectivity index (χ0) is 13.2. The fourth-order valence-corrected chi connectivity index (χ4v) is 3.02. The Balaban J connectivity index is 2.70. The predicted molar refractivity (Wildman–Crippen MR) is 73.0 cm³/mol. The van der Waals surface area contributed by atoms with Gasteiger partial charge in [-0.15, -0.1) is 0 Å². The molecule has 0 saturated carbocycles. The zero-order valence-electron chi connectivity index (χ0n) is 12.4. The van der Waals surface area contributed by atoms with Gasteiger partial charge >= 0.3 is 0 Å². The average Bonchev–Trinajstić information content (AvgIpc) is 2.59. The third-order valence-electron chi connectivity index (χ3n) is 3.79. The summed E-state index contributed by atoms with van der Waals surface area (Å²) in [4.78, 5) is 14.7. The van der Waals surface area contributed by atoms with Crippen LogP contribution in [-0.4, -0.2) is 29.3 Å². The molecule has 0 bridgehead atoms. The summed E-state index contributed by atoms with van der Waals surface area (Å²) >= 11 is 0. The summed E-state index contributed by atoms with van der Waals surface area (Å²) in [6, 6.07) is 0.665. The van der Waals surface area contributed by atoms with E-state index in [4.69, 9.17) is 0 Å². The van der Waals surface area contributed by atoms with E-state index in [9.17, 15) is 4.79 Å². The lowest BCUT2D eigenvalue weighted by molar-refractivity contribution is -0.126. The molecule has 1 saturated heterocycles. The van der Waals surface area contributed by atoms with Gasteiger partial charge in [-0.3, -0.25) is 9.69 Å². The van der Waals surface area contributed by atoms with E-state index in [-0.39, 0.29) is 12.0 Å². The van der Waals surface area contributed by atoms with Gasteiger partial charge in [0.15, 0.2) is 5.78 Å². The normalized spacial score (nSPS) is 26.4. The van der Waals surface area contributed by atoms with Crippen LogP contribution >= 0.6 is 0 Å². The van der Waals surface area contributed by atoms with Crippen LogP contribution in [0.4, 0.5) is 0 Å². The number of ketones is 1. The first kappa shape index (κ1) is 14.7. The van der Waals surface area contributed by atoms with Crippen LogP contribution in [0.15, 0.2) is 0 Å². The number of nitrogens with zero attached hydrogens (tertiary/aromatic N) is 1. The van der Waals surface area contributed by atoms with Crippen LogP contribution in [0.5, 0.6) is 0 Å². The van der Waals surface area contributed by atoms with E-state index in [0.717, 1.165) is 18.9 Å². The maximum absolute atomic E-state index is 12.2. The fraction of sp³-hybridized carbons (Fsp3) is 0.933. The Morgan fingerprint density at radius 2 is 1.76 bits per heavy atom. The van der Waals surface area contributed by atoms with Crippen LogP contribution in [0.25, 0.3) is 0 Å². The van der Waals surface area contributed by atoms with E-state index in [1.807, 2.05) is 13.8 Å². The second-order valence-corrected chi connectivity index (χ2v) is 6.59. The van der Waals surface area contributed by atoms with Gasteiger partial charge < -0.3 is 0 Å². The van der Waals surface area contributed by atoms with Crippen molar-refractivity contribution in [3.63, 3.8) is 0 Å². The van der Waals surface area contributed by atoms with Gasteiger partial charge in [-0.25, -0.2) is 0 Å². The monoisotopic (exact) mass is 239 g/mol. The van der Waals surface area contributed by atoms with Crippen molar-refractivity contribution in [2.75, 3.05) is 6.54 Å². The molecule has 2 atom stereocenters. The first-order chi connectivity index (χ1) is 7.82. The van der Waals surface area contributed by atoms with Crippen molar-refractivity contribution < 1.29 is 4.79 Å². The third kappa shape index (κ3) is 3.80. The van der Waals surface area contributed by atoms with Crippen molar-refractivity contribution in [3.8, 4) is 0 Å². The second-order valence-electron chi connectivity index (χ2n) is 6.59. The smallest absolute Gasteiger partial charge is 0.152 e. The second kappa shape index (κ2) is 5.99. The van der Waals surface area contributed by atoms with Gasteiger partial charge in [-0.1, -0.05) is 27.7 Å².